The van der Waals surface area contributed by atoms with Crippen LogP contribution in [-0.2, 0) is 18.3 Å². The highest BCUT2D eigenvalue weighted by atomic mass is 19.1. The second-order valence-electron chi connectivity index (χ2n) is 6.53. The number of anilines is 1. The van der Waals surface area contributed by atoms with E-state index in [9.17, 15) is 28.0 Å². The van der Waals surface area contributed by atoms with Crippen LogP contribution in [0.4, 0.5) is 14.6 Å². The second-order valence-corrected chi connectivity index (χ2v) is 6.53. The summed E-state index contributed by atoms with van der Waals surface area (Å²) in [6, 6.07) is 2.22. The molecule has 0 saturated heterocycles. The number of rotatable bonds is 6. The Balaban J connectivity index is 2.31. The summed E-state index contributed by atoms with van der Waals surface area (Å²) in [4.78, 5) is 48.8. The number of nitrogens with zero attached hydrogens (tertiary/aromatic N) is 2. The van der Waals surface area contributed by atoms with Crippen molar-refractivity contribution in [3.63, 3.8) is 0 Å². The van der Waals surface area contributed by atoms with Crippen LogP contribution in [0, 0.1) is 17.6 Å². The largest absolute Gasteiger partial charge is 0.454 e. The van der Waals surface area contributed by atoms with Crippen LogP contribution in [0.1, 0.15) is 34.6 Å². The summed E-state index contributed by atoms with van der Waals surface area (Å²) >= 11 is 0. The van der Waals surface area contributed by atoms with Gasteiger partial charge in [-0.05, 0) is 18.1 Å². The van der Waals surface area contributed by atoms with E-state index >= 15 is 0 Å². The number of halogens is 2. The number of hydrogen-bond donors (Lipinski definition) is 1. The highest BCUT2D eigenvalue weighted by molar-refractivity contribution is 6.02. The van der Waals surface area contributed by atoms with Crippen molar-refractivity contribution >= 4 is 17.6 Å². The fourth-order valence-electron chi connectivity index (χ4n) is 2.52. The van der Waals surface area contributed by atoms with Crippen LogP contribution in [0.3, 0.4) is 0 Å². The van der Waals surface area contributed by atoms with Gasteiger partial charge in [-0.2, -0.15) is 0 Å². The Morgan fingerprint density at radius 3 is 2.43 bits per heavy atom. The van der Waals surface area contributed by atoms with Crippen LogP contribution >= 0.6 is 0 Å². The molecule has 0 bridgehead atoms. The molecule has 1 aromatic carbocycles. The molecule has 0 aliphatic heterocycles. The summed E-state index contributed by atoms with van der Waals surface area (Å²) in [5.41, 5.74) is 3.16. The Labute approximate surface area is 158 Å². The molecular weight excluding hydrogens is 376 g/mol. The van der Waals surface area contributed by atoms with Gasteiger partial charge in [0.25, 0.3) is 5.56 Å². The first-order valence-electron chi connectivity index (χ1n) is 8.29. The number of Topliss-reactive ketones (excluding diaryl/α,β-unsaturated/α-hetero) is 1. The number of nitrogens with two attached hydrogens (primary N) is 1. The molecule has 1 heterocycles. The van der Waals surface area contributed by atoms with Gasteiger partial charge in [0, 0.05) is 19.7 Å². The number of esters is 1. The van der Waals surface area contributed by atoms with Gasteiger partial charge in [-0.15, -0.1) is 0 Å². The zero-order valence-corrected chi connectivity index (χ0v) is 15.5. The molecule has 0 saturated carbocycles. The van der Waals surface area contributed by atoms with Crippen molar-refractivity contribution in [1.82, 2.24) is 9.13 Å². The highest BCUT2D eigenvalue weighted by Crippen LogP contribution is 2.12. The van der Waals surface area contributed by atoms with Crippen LogP contribution < -0.4 is 17.0 Å². The average Bonchev–Trinajstić information content (AvgIpc) is 2.61. The van der Waals surface area contributed by atoms with Crippen molar-refractivity contribution < 1.29 is 23.1 Å². The molecule has 28 heavy (non-hydrogen) atoms. The molecule has 2 N–H and O–H groups in total. The smallest absolute Gasteiger partial charge is 0.341 e. The van der Waals surface area contributed by atoms with Gasteiger partial charge in [-0.1, -0.05) is 13.8 Å². The van der Waals surface area contributed by atoms with E-state index in [2.05, 4.69) is 0 Å². The predicted octanol–water partition coefficient (Wildman–Crippen LogP) is 1.10. The molecule has 0 amide bonds. The van der Waals surface area contributed by atoms with E-state index < -0.39 is 52.4 Å². The van der Waals surface area contributed by atoms with Crippen LogP contribution in [0.15, 0.2) is 27.8 Å². The van der Waals surface area contributed by atoms with E-state index in [0.717, 1.165) is 21.3 Å². The van der Waals surface area contributed by atoms with Crippen LogP contribution in [-0.4, -0.2) is 27.5 Å². The van der Waals surface area contributed by atoms with Gasteiger partial charge in [0.05, 0.1) is 5.56 Å². The van der Waals surface area contributed by atoms with Crippen molar-refractivity contribution in [1.29, 1.82) is 0 Å². The van der Waals surface area contributed by atoms with Crippen molar-refractivity contribution in [3.8, 4) is 0 Å². The quantitative estimate of drug-likeness (QED) is 0.579. The van der Waals surface area contributed by atoms with Gasteiger partial charge in [0.1, 0.15) is 23.0 Å². The van der Waals surface area contributed by atoms with E-state index in [-0.39, 0.29) is 18.3 Å². The Bertz CT molecular complexity index is 1060. The zero-order valence-electron chi connectivity index (χ0n) is 15.5. The van der Waals surface area contributed by atoms with Gasteiger partial charge in [-0.25, -0.2) is 18.4 Å². The maximum Gasteiger partial charge on any atom is 0.341 e. The Morgan fingerprint density at radius 1 is 1.21 bits per heavy atom. The lowest BCUT2D eigenvalue weighted by atomic mass is 10.1. The van der Waals surface area contributed by atoms with E-state index in [1.165, 1.54) is 7.05 Å². The minimum Gasteiger partial charge on any atom is -0.454 e. The summed E-state index contributed by atoms with van der Waals surface area (Å²) in [6.07, 6.45) is 0. The molecule has 0 fully saturated rings. The van der Waals surface area contributed by atoms with Crippen LogP contribution in [0.2, 0.25) is 0 Å². The number of ketones is 1. The minimum absolute atomic E-state index is 0.000247. The molecule has 0 atom stereocenters. The van der Waals surface area contributed by atoms with E-state index in [1.54, 1.807) is 0 Å². The molecule has 0 aliphatic carbocycles. The molecule has 2 rings (SSSR count). The minimum atomic E-state index is -1.21. The Hall–Kier alpha value is -3.30. The third kappa shape index (κ3) is 4.16. The number of aromatic nitrogens is 2. The van der Waals surface area contributed by atoms with Crippen LogP contribution in [0.25, 0.3) is 0 Å². The average molecular weight is 395 g/mol. The fourth-order valence-corrected chi connectivity index (χ4v) is 2.52. The molecular formula is C18H19F2N3O5. The Morgan fingerprint density at radius 2 is 1.86 bits per heavy atom. The third-order valence-corrected chi connectivity index (χ3v) is 3.90. The number of carbonyl (C=O) groups excluding carboxylic acids is 2. The lowest BCUT2D eigenvalue weighted by molar-refractivity contribution is 0.0469. The second kappa shape index (κ2) is 8.15. The van der Waals surface area contributed by atoms with Crippen molar-refractivity contribution in [2.24, 2.45) is 13.0 Å². The van der Waals surface area contributed by atoms with E-state index in [0.29, 0.717) is 6.07 Å². The first-order chi connectivity index (χ1) is 13.0. The van der Waals surface area contributed by atoms with Crippen molar-refractivity contribution in [2.45, 2.75) is 20.4 Å². The molecule has 8 nitrogen and oxygen atoms in total. The fraction of sp³-hybridized carbons (Fsp3) is 0.333. The number of benzene rings is 1. The highest BCUT2D eigenvalue weighted by Gasteiger charge is 2.23. The van der Waals surface area contributed by atoms with Gasteiger partial charge >= 0.3 is 11.7 Å². The van der Waals surface area contributed by atoms with Gasteiger partial charge < -0.3 is 10.5 Å². The molecule has 10 heteroatoms. The third-order valence-electron chi connectivity index (χ3n) is 3.90. The first kappa shape index (κ1) is 21.0. The normalized spacial score (nSPS) is 10.9. The van der Waals surface area contributed by atoms with Crippen LogP contribution in [0.5, 0.6) is 0 Å². The Kier molecular flexibility index (Phi) is 6.12. The molecule has 0 radical (unpaired) electrons. The summed E-state index contributed by atoms with van der Waals surface area (Å²) in [5, 5.41) is 0. The summed E-state index contributed by atoms with van der Waals surface area (Å²) in [7, 11) is 1.19. The molecule has 0 unspecified atom stereocenters. The topological polar surface area (TPSA) is 113 Å². The maximum atomic E-state index is 13.6. The number of ether oxygens (including phenoxy) is 1. The van der Waals surface area contributed by atoms with Crippen molar-refractivity contribution in [2.75, 3.05) is 12.3 Å². The van der Waals surface area contributed by atoms with Gasteiger partial charge in [-0.3, -0.25) is 18.7 Å². The lowest BCUT2D eigenvalue weighted by Crippen LogP contribution is -2.43. The SMILES string of the molecule is CC(C)Cn1c(N)c(C(=O)COC(=O)c2ccc(F)cc2F)c(=O)n(C)c1=O. The van der Waals surface area contributed by atoms with Gasteiger partial charge in [0.2, 0.25) is 5.78 Å². The van der Waals surface area contributed by atoms with E-state index in [4.69, 9.17) is 10.5 Å². The molecule has 0 spiro atoms. The number of nitrogen functional groups attached to an aromatic ring is 1. The summed E-state index contributed by atoms with van der Waals surface area (Å²) in [5.74, 6) is -4.54. The lowest BCUT2D eigenvalue weighted by Gasteiger charge is -2.16. The maximum absolute atomic E-state index is 13.6. The molecule has 0 aliphatic rings. The summed E-state index contributed by atoms with van der Waals surface area (Å²) in [6.45, 7) is 2.89. The monoisotopic (exact) mass is 395 g/mol. The molecule has 2 aromatic rings. The van der Waals surface area contributed by atoms with Crippen molar-refractivity contribution in [3.05, 3.63) is 61.8 Å². The number of carbonyl (C=O) groups is 2. The van der Waals surface area contributed by atoms with E-state index in [1.807, 2.05) is 13.8 Å². The standard InChI is InChI=1S/C18H19F2N3O5/c1-9(2)7-23-15(21)14(16(25)22(3)18(23)27)13(24)8-28-17(26)11-5-4-10(19)6-12(11)20/h4-6,9H,7-8,21H2,1-3H3. The van der Waals surface area contributed by atoms with Gasteiger partial charge in [0.15, 0.2) is 6.61 Å². The molecule has 1 aromatic heterocycles. The number of hydrogen-bond acceptors (Lipinski definition) is 6. The summed E-state index contributed by atoms with van der Waals surface area (Å²) < 4.78 is 33.1. The first-order valence-corrected chi connectivity index (χ1v) is 8.29. The predicted molar refractivity (Wildman–Crippen MR) is 96.2 cm³/mol. The molecule has 150 valence electrons. The zero-order chi connectivity index (χ0) is 21.2.